The second-order valence-corrected chi connectivity index (χ2v) is 6.77. The van der Waals surface area contributed by atoms with Crippen molar-refractivity contribution in [1.29, 1.82) is 0 Å². The standard InChI is InChI=1S/C20H20N6O3/c1-24-11-12-25-17(20(24)29)13-16(23-25)19(28)21-9-10-26-18(27)8-7-15(22-26)14-5-3-2-4-6-14/h2-8,13H,9-12H2,1H3,(H,21,28). The number of nitrogens with zero attached hydrogens (tertiary/aromatic N) is 5. The van der Waals surface area contributed by atoms with E-state index >= 15 is 0 Å². The van der Waals surface area contributed by atoms with Crippen molar-refractivity contribution in [2.75, 3.05) is 20.1 Å². The number of hydrogen-bond acceptors (Lipinski definition) is 5. The zero-order chi connectivity index (χ0) is 20.4. The number of nitrogens with one attached hydrogen (secondary N) is 1. The molecular weight excluding hydrogens is 372 g/mol. The van der Waals surface area contributed by atoms with Gasteiger partial charge in [-0.05, 0) is 6.07 Å². The summed E-state index contributed by atoms with van der Waals surface area (Å²) >= 11 is 0. The number of amides is 2. The molecule has 4 rings (SSSR count). The summed E-state index contributed by atoms with van der Waals surface area (Å²) in [7, 11) is 1.72. The van der Waals surface area contributed by atoms with Crippen molar-refractivity contribution in [2.24, 2.45) is 0 Å². The Labute approximate surface area is 166 Å². The Morgan fingerprint density at radius 2 is 1.86 bits per heavy atom. The third-order valence-electron chi connectivity index (χ3n) is 4.77. The van der Waals surface area contributed by atoms with Gasteiger partial charge in [0.2, 0.25) is 0 Å². The largest absolute Gasteiger partial charge is 0.349 e. The van der Waals surface area contributed by atoms with E-state index in [0.29, 0.717) is 24.5 Å². The molecule has 9 heteroatoms. The van der Waals surface area contributed by atoms with Crippen LogP contribution in [0.1, 0.15) is 21.0 Å². The lowest BCUT2D eigenvalue weighted by molar-refractivity contribution is 0.0742. The van der Waals surface area contributed by atoms with Gasteiger partial charge in [-0.1, -0.05) is 30.3 Å². The highest BCUT2D eigenvalue weighted by Gasteiger charge is 2.25. The molecule has 2 aromatic heterocycles. The van der Waals surface area contributed by atoms with Gasteiger partial charge in [-0.3, -0.25) is 19.1 Å². The highest BCUT2D eigenvalue weighted by atomic mass is 16.2. The second kappa shape index (κ2) is 7.70. The Morgan fingerprint density at radius 3 is 2.66 bits per heavy atom. The van der Waals surface area contributed by atoms with E-state index in [2.05, 4.69) is 15.5 Å². The van der Waals surface area contributed by atoms with Crippen LogP contribution >= 0.6 is 0 Å². The normalized spacial score (nSPS) is 13.3. The van der Waals surface area contributed by atoms with Gasteiger partial charge < -0.3 is 10.2 Å². The van der Waals surface area contributed by atoms with Crippen LogP contribution in [0.3, 0.4) is 0 Å². The maximum atomic E-state index is 12.4. The van der Waals surface area contributed by atoms with Crippen LogP contribution in [0, 0.1) is 0 Å². The topological polar surface area (TPSA) is 102 Å². The predicted octanol–water partition coefficient (Wildman–Crippen LogP) is 0.622. The fourth-order valence-corrected chi connectivity index (χ4v) is 3.15. The zero-order valence-electron chi connectivity index (χ0n) is 15.9. The summed E-state index contributed by atoms with van der Waals surface area (Å²) in [6.07, 6.45) is 0. The monoisotopic (exact) mass is 392 g/mol. The van der Waals surface area contributed by atoms with Crippen LogP contribution in [-0.4, -0.2) is 56.4 Å². The first-order valence-electron chi connectivity index (χ1n) is 9.28. The van der Waals surface area contributed by atoms with Gasteiger partial charge in [0.1, 0.15) is 5.69 Å². The molecule has 0 aliphatic carbocycles. The highest BCUT2D eigenvalue weighted by Crippen LogP contribution is 2.14. The number of aromatic nitrogens is 4. The van der Waals surface area contributed by atoms with Gasteiger partial charge in [-0.25, -0.2) is 4.68 Å². The minimum Gasteiger partial charge on any atom is -0.349 e. The van der Waals surface area contributed by atoms with Crippen LogP contribution in [0.25, 0.3) is 11.3 Å². The minimum absolute atomic E-state index is 0.156. The van der Waals surface area contributed by atoms with Crippen LogP contribution in [0.15, 0.2) is 53.3 Å². The Morgan fingerprint density at radius 1 is 1.07 bits per heavy atom. The summed E-state index contributed by atoms with van der Waals surface area (Å²) in [6, 6.07) is 14.2. The third kappa shape index (κ3) is 3.79. The molecular formula is C20H20N6O3. The van der Waals surface area contributed by atoms with E-state index in [4.69, 9.17) is 0 Å². The Bertz CT molecular complexity index is 1120. The summed E-state index contributed by atoms with van der Waals surface area (Å²) < 4.78 is 2.87. The molecule has 148 valence electrons. The smallest absolute Gasteiger partial charge is 0.271 e. The van der Waals surface area contributed by atoms with Crippen LogP contribution < -0.4 is 10.9 Å². The fraction of sp³-hybridized carbons (Fsp3) is 0.250. The molecule has 0 saturated carbocycles. The number of carbonyl (C=O) groups excluding carboxylic acids is 2. The summed E-state index contributed by atoms with van der Waals surface area (Å²) in [5, 5.41) is 11.3. The van der Waals surface area contributed by atoms with Crippen LogP contribution in [0.2, 0.25) is 0 Å². The second-order valence-electron chi connectivity index (χ2n) is 6.77. The summed E-state index contributed by atoms with van der Waals surface area (Å²) in [6.45, 7) is 1.54. The lowest BCUT2D eigenvalue weighted by Gasteiger charge is -2.22. The van der Waals surface area contributed by atoms with E-state index in [9.17, 15) is 14.4 Å². The molecule has 1 N–H and O–H groups in total. The molecule has 0 fully saturated rings. The summed E-state index contributed by atoms with van der Waals surface area (Å²) in [5.41, 5.74) is 1.92. The van der Waals surface area contributed by atoms with Crippen molar-refractivity contribution >= 4 is 11.8 Å². The molecule has 1 aliphatic heterocycles. The van der Waals surface area contributed by atoms with E-state index < -0.39 is 5.91 Å². The van der Waals surface area contributed by atoms with Gasteiger partial charge in [0.15, 0.2) is 5.69 Å². The molecule has 1 aliphatic rings. The number of carbonyl (C=O) groups is 2. The first kappa shape index (κ1) is 18.6. The number of fused-ring (bicyclic) bond motifs is 1. The molecule has 0 unspecified atom stereocenters. The Kier molecular flexibility index (Phi) is 4.94. The van der Waals surface area contributed by atoms with Crippen molar-refractivity contribution in [3.8, 4) is 11.3 Å². The molecule has 0 spiro atoms. The fourth-order valence-electron chi connectivity index (χ4n) is 3.15. The average molecular weight is 392 g/mol. The SMILES string of the molecule is CN1CCn2nc(C(=O)NCCn3nc(-c4ccccc4)ccc3=O)cc2C1=O. The van der Waals surface area contributed by atoms with Gasteiger partial charge in [0.25, 0.3) is 17.4 Å². The molecule has 3 aromatic rings. The van der Waals surface area contributed by atoms with E-state index in [0.717, 1.165) is 5.56 Å². The molecule has 9 nitrogen and oxygen atoms in total. The molecule has 29 heavy (non-hydrogen) atoms. The van der Waals surface area contributed by atoms with Crippen molar-refractivity contribution < 1.29 is 9.59 Å². The number of benzene rings is 1. The molecule has 0 saturated heterocycles. The van der Waals surface area contributed by atoms with Crippen molar-refractivity contribution in [2.45, 2.75) is 13.1 Å². The van der Waals surface area contributed by atoms with E-state index in [1.165, 1.54) is 16.8 Å². The number of likely N-dealkylation sites (N-methyl/N-ethyl adjacent to an activating group) is 1. The van der Waals surface area contributed by atoms with Gasteiger partial charge in [-0.2, -0.15) is 10.2 Å². The maximum absolute atomic E-state index is 12.4. The van der Waals surface area contributed by atoms with Crippen LogP contribution in [0.4, 0.5) is 0 Å². The van der Waals surface area contributed by atoms with Crippen LogP contribution in [-0.2, 0) is 13.1 Å². The van der Waals surface area contributed by atoms with E-state index in [1.54, 1.807) is 22.7 Å². The minimum atomic E-state index is -0.394. The van der Waals surface area contributed by atoms with Crippen LogP contribution in [0.5, 0.6) is 0 Å². The van der Waals surface area contributed by atoms with Crippen molar-refractivity contribution in [3.05, 3.63) is 70.3 Å². The Balaban J connectivity index is 1.42. The Hall–Kier alpha value is -3.75. The molecule has 1 aromatic carbocycles. The first-order valence-corrected chi connectivity index (χ1v) is 9.28. The van der Waals surface area contributed by atoms with Crippen molar-refractivity contribution in [1.82, 2.24) is 29.8 Å². The number of hydrogen-bond donors (Lipinski definition) is 1. The lowest BCUT2D eigenvalue weighted by Crippen LogP contribution is -2.37. The third-order valence-corrected chi connectivity index (χ3v) is 4.77. The first-order chi connectivity index (χ1) is 14.0. The van der Waals surface area contributed by atoms with Gasteiger partial charge in [0, 0.05) is 37.8 Å². The van der Waals surface area contributed by atoms with Gasteiger partial charge in [-0.15, -0.1) is 0 Å². The van der Waals surface area contributed by atoms with Crippen molar-refractivity contribution in [3.63, 3.8) is 0 Å². The van der Waals surface area contributed by atoms with E-state index in [-0.39, 0.29) is 30.2 Å². The van der Waals surface area contributed by atoms with Gasteiger partial charge >= 0.3 is 0 Å². The number of rotatable bonds is 5. The highest BCUT2D eigenvalue weighted by molar-refractivity contribution is 5.98. The van der Waals surface area contributed by atoms with E-state index in [1.807, 2.05) is 30.3 Å². The quantitative estimate of drug-likeness (QED) is 0.686. The molecule has 0 bridgehead atoms. The predicted molar refractivity (Wildman–Crippen MR) is 105 cm³/mol. The van der Waals surface area contributed by atoms with Gasteiger partial charge in [0.05, 0.1) is 18.8 Å². The summed E-state index contributed by atoms with van der Waals surface area (Å²) in [5.74, 6) is -0.550. The molecule has 0 radical (unpaired) electrons. The molecule has 3 heterocycles. The maximum Gasteiger partial charge on any atom is 0.271 e. The average Bonchev–Trinajstić information content (AvgIpc) is 3.18. The zero-order valence-corrected chi connectivity index (χ0v) is 15.9. The lowest BCUT2D eigenvalue weighted by atomic mass is 10.1. The molecule has 2 amide bonds. The molecule has 0 atom stereocenters. The summed E-state index contributed by atoms with van der Waals surface area (Å²) in [4.78, 5) is 38.2.